The second-order valence-electron chi connectivity index (χ2n) is 7.93. The molecule has 0 radical (unpaired) electrons. The molecule has 0 bridgehead atoms. The van der Waals surface area contributed by atoms with Gasteiger partial charge in [-0.1, -0.05) is 64.6 Å². The van der Waals surface area contributed by atoms with Gasteiger partial charge in [0.25, 0.3) is 5.91 Å². The molecule has 1 amide bonds. The van der Waals surface area contributed by atoms with Crippen molar-refractivity contribution in [1.29, 1.82) is 0 Å². The highest BCUT2D eigenvalue weighted by Gasteiger charge is 2.42. The highest BCUT2D eigenvalue weighted by Crippen LogP contribution is 2.43. The Morgan fingerprint density at radius 1 is 1.13 bits per heavy atom. The molecular weight excluding hydrogens is 499 g/mol. The molecule has 1 fully saturated rings. The number of hydrogen-bond donors (Lipinski definition) is 1. The Kier molecular flexibility index (Phi) is 7.22. The molecular formula is C23H25BrCl2N4O. The molecule has 0 saturated carbocycles. The summed E-state index contributed by atoms with van der Waals surface area (Å²) in [6.45, 7) is 3.84. The number of rotatable bonds is 5. The maximum absolute atomic E-state index is 13.3. The van der Waals surface area contributed by atoms with Crippen molar-refractivity contribution in [2.24, 2.45) is 11.0 Å². The Bertz CT molecular complexity index is 976. The molecule has 0 aromatic heterocycles. The van der Waals surface area contributed by atoms with Crippen LogP contribution in [-0.4, -0.2) is 29.7 Å². The van der Waals surface area contributed by atoms with Gasteiger partial charge in [-0.2, -0.15) is 5.10 Å². The summed E-state index contributed by atoms with van der Waals surface area (Å²) >= 11 is 16.2. The van der Waals surface area contributed by atoms with Crippen LogP contribution in [0.25, 0.3) is 0 Å². The Labute approximate surface area is 201 Å². The van der Waals surface area contributed by atoms with Gasteiger partial charge in [0.2, 0.25) is 0 Å². The summed E-state index contributed by atoms with van der Waals surface area (Å²) in [6, 6.07) is 13.4. The fraction of sp³-hybridized carbons (Fsp3) is 0.391. The number of nitrogens with one attached hydrogen (secondary N) is 1. The molecule has 0 spiro atoms. The molecule has 4 rings (SSSR count). The van der Waals surface area contributed by atoms with E-state index in [9.17, 15) is 4.79 Å². The van der Waals surface area contributed by atoms with Crippen LogP contribution in [0.4, 0.5) is 5.69 Å². The largest absolute Gasteiger partial charge is 0.284 e. The second kappa shape index (κ2) is 9.90. The first-order chi connectivity index (χ1) is 15.0. The molecule has 31 heavy (non-hydrogen) atoms. The zero-order valence-electron chi connectivity index (χ0n) is 17.3. The van der Waals surface area contributed by atoms with Gasteiger partial charge in [0.1, 0.15) is 5.71 Å². The molecule has 164 valence electrons. The number of nitrogens with zero attached hydrogens (tertiary/aromatic N) is 3. The van der Waals surface area contributed by atoms with Crippen LogP contribution in [0.15, 0.2) is 52.0 Å². The lowest BCUT2D eigenvalue weighted by Crippen LogP contribution is -2.48. The summed E-state index contributed by atoms with van der Waals surface area (Å²) in [5, 5.41) is 9.77. The van der Waals surface area contributed by atoms with E-state index in [0.717, 1.165) is 48.1 Å². The zero-order valence-corrected chi connectivity index (χ0v) is 20.4. The second-order valence-corrected chi connectivity index (χ2v) is 9.68. The van der Waals surface area contributed by atoms with Crippen LogP contribution < -0.4 is 10.4 Å². The maximum atomic E-state index is 13.3. The number of hydrogen-bond acceptors (Lipinski definition) is 4. The Morgan fingerprint density at radius 3 is 2.48 bits per heavy atom. The first-order valence-corrected chi connectivity index (χ1v) is 12.2. The van der Waals surface area contributed by atoms with E-state index in [4.69, 9.17) is 28.3 Å². The summed E-state index contributed by atoms with van der Waals surface area (Å²) in [7, 11) is 0. The van der Waals surface area contributed by atoms with E-state index in [-0.39, 0.29) is 17.9 Å². The van der Waals surface area contributed by atoms with Crippen molar-refractivity contribution in [1.82, 2.24) is 10.4 Å². The Hall–Kier alpha value is -1.60. The van der Waals surface area contributed by atoms with E-state index >= 15 is 0 Å². The number of carbonyl (C=O) groups is 1. The van der Waals surface area contributed by atoms with Gasteiger partial charge in [0.05, 0.1) is 16.8 Å². The van der Waals surface area contributed by atoms with Crippen LogP contribution in [0, 0.1) is 5.92 Å². The summed E-state index contributed by atoms with van der Waals surface area (Å²) in [5.41, 5.74) is 5.42. The van der Waals surface area contributed by atoms with E-state index < -0.39 is 0 Å². The van der Waals surface area contributed by atoms with Crippen LogP contribution >= 0.6 is 39.1 Å². The molecule has 2 atom stereocenters. The number of amides is 1. The lowest BCUT2D eigenvalue weighted by molar-refractivity contribution is -0.120. The Morgan fingerprint density at radius 2 is 1.84 bits per heavy atom. The van der Waals surface area contributed by atoms with Gasteiger partial charge in [-0.25, -0.2) is 5.01 Å². The molecule has 0 aliphatic carbocycles. The van der Waals surface area contributed by atoms with Crippen molar-refractivity contribution >= 4 is 56.4 Å². The van der Waals surface area contributed by atoms with E-state index in [1.807, 2.05) is 28.2 Å². The smallest absolute Gasteiger partial charge is 0.282 e. The third-order valence-electron chi connectivity index (χ3n) is 5.87. The molecule has 5 nitrogen and oxygen atoms in total. The van der Waals surface area contributed by atoms with Crippen LogP contribution in [0.2, 0.25) is 10.0 Å². The molecule has 2 aromatic carbocycles. The van der Waals surface area contributed by atoms with Gasteiger partial charge in [-0.3, -0.25) is 15.2 Å². The van der Waals surface area contributed by atoms with Crippen LogP contribution in [-0.2, 0) is 4.79 Å². The maximum Gasteiger partial charge on any atom is 0.282 e. The van der Waals surface area contributed by atoms with Gasteiger partial charge in [0, 0.05) is 28.5 Å². The monoisotopic (exact) mass is 522 g/mol. The number of anilines is 1. The van der Waals surface area contributed by atoms with E-state index in [0.29, 0.717) is 15.8 Å². The minimum Gasteiger partial charge on any atom is -0.284 e. The summed E-state index contributed by atoms with van der Waals surface area (Å²) in [4.78, 5) is 13.3. The topological polar surface area (TPSA) is 47.9 Å². The van der Waals surface area contributed by atoms with Gasteiger partial charge in [-0.05, 0) is 55.2 Å². The van der Waals surface area contributed by atoms with Crippen molar-refractivity contribution in [2.45, 2.75) is 38.6 Å². The molecule has 2 aliphatic rings. The van der Waals surface area contributed by atoms with Crippen molar-refractivity contribution in [3.8, 4) is 0 Å². The predicted molar refractivity (Wildman–Crippen MR) is 131 cm³/mol. The average molecular weight is 524 g/mol. The summed E-state index contributed by atoms with van der Waals surface area (Å²) < 4.78 is 1.00. The van der Waals surface area contributed by atoms with Crippen molar-refractivity contribution in [3.05, 3.63) is 62.5 Å². The average Bonchev–Trinajstić information content (AvgIpc) is 3.14. The number of benzene rings is 2. The number of carbonyl (C=O) groups excluding carboxylic acids is 1. The Balaban J connectivity index is 1.71. The first-order valence-electron chi connectivity index (χ1n) is 10.6. The minimum absolute atomic E-state index is 0.0716. The SMILES string of the molecule is CCC1C(C(=O)NN2CCCCC2)=NN(c2ccc(Cl)cc2Cl)C1c1ccc(Br)cc1. The van der Waals surface area contributed by atoms with Crippen molar-refractivity contribution < 1.29 is 4.79 Å². The van der Waals surface area contributed by atoms with Crippen LogP contribution in [0.1, 0.15) is 44.2 Å². The van der Waals surface area contributed by atoms with Crippen molar-refractivity contribution in [3.63, 3.8) is 0 Å². The molecule has 2 heterocycles. The molecule has 2 unspecified atom stereocenters. The normalized spacial score (nSPS) is 21.8. The fourth-order valence-corrected chi connectivity index (χ4v) is 5.07. The molecule has 2 aliphatic heterocycles. The van der Waals surface area contributed by atoms with Gasteiger partial charge in [0.15, 0.2) is 0 Å². The molecule has 2 aromatic rings. The number of hydrazone groups is 1. The van der Waals surface area contributed by atoms with Crippen LogP contribution in [0.5, 0.6) is 0 Å². The fourth-order valence-electron chi connectivity index (χ4n) is 4.31. The quantitative estimate of drug-likeness (QED) is 0.506. The van der Waals surface area contributed by atoms with E-state index in [1.165, 1.54) is 6.42 Å². The van der Waals surface area contributed by atoms with E-state index in [2.05, 4.69) is 40.4 Å². The summed E-state index contributed by atoms with van der Waals surface area (Å²) in [5.74, 6) is -0.207. The lowest BCUT2D eigenvalue weighted by Gasteiger charge is -2.29. The van der Waals surface area contributed by atoms with Crippen molar-refractivity contribution in [2.75, 3.05) is 18.1 Å². The number of hydrazine groups is 1. The number of piperidine rings is 1. The van der Waals surface area contributed by atoms with E-state index in [1.54, 1.807) is 12.1 Å². The van der Waals surface area contributed by atoms with Gasteiger partial charge < -0.3 is 0 Å². The van der Waals surface area contributed by atoms with Gasteiger partial charge >= 0.3 is 0 Å². The number of halogens is 3. The van der Waals surface area contributed by atoms with Gasteiger partial charge in [-0.15, -0.1) is 0 Å². The van der Waals surface area contributed by atoms with Crippen LogP contribution in [0.3, 0.4) is 0 Å². The summed E-state index contributed by atoms with van der Waals surface area (Å²) in [6.07, 6.45) is 4.17. The minimum atomic E-state index is -0.140. The third kappa shape index (κ3) is 4.92. The zero-order chi connectivity index (χ0) is 22.0. The standard InChI is InChI=1S/C23H25BrCl2N4O/c1-2-18-21(23(31)28-29-12-4-3-5-13-29)27-30(20-11-10-17(25)14-19(20)26)22(18)15-6-8-16(24)9-7-15/h6-11,14,18,22H,2-5,12-13H2,1H3,(H,28,31). The third-order valence-corrected chi connectivity index (χ3v) is 6.93. The molecule has 8 heteroatoms. The highest BCUT2D eigenvalue weighted by atomic mass is 79.9. The highest BCUT2D eigenvalue weighted by molar-refractivity contribution is 9.10. The predicted octanol–water partition coefficient (Wildman–Crippen LogP) is 6.22. The lowest BCUT2D eigenvalue weighted by atomic mass is 9.87. The molecule has 1 N–H and O–H groups in total. The molecule has 1 saturated heterocycles. The first kappa shape index (κ1) is 22.6.